The van der Waals surface area contributed by atoms with Crippen molar-refractivity contribution >= 4 is 21.9 Å². The number of carbonyl (C=O) groups excluding carboxylic acids is 1. The quantitative estimate of drug-likeness (QED) is 0.318. The lowest BCUT2D eigenvalue weighted by atomic mass is 9.50. The molecule has 0 aromatic heterocycles. The molecule has 1 aromatic rings. The van der Waals surface area contributed by atoms with Crippen LogP contribution < -0.4 is 0 Å². The van der Waals surface area contributed by atoms with Gasteiger partial charge in [0, 0.05) is 11.0 Å². The fraction of sp³-hybridized carbons (Fsp3) is 0.571. The average molecular weight is 435 g/mol. The van der Waals surface area contributed by atoms with Gasteiger partial charge in [-0.05, 0) is 99.5 Å². The number of fused-ring (bicyclic) bond motifs is 5. The van der Waals surface area contributed by atoms with Gasteiger partial charge in [-0.3, -0.25) is 4.79 Å². The maximum Gasteiger partial charge on any atom is 0.156 e. The SMILES string of the molecule is CC[C@]12CC[C@H]3[C@@H](CCC4=CCCC[C@@H]43)[C@@H]1CC(C(=S=O)c1ccccc1)=C2C(C)=O. The van der Waals surface area contributed by atoms with Crippen LogP contribution in [0.3, 0.4) is 0 Å². The van der Waals surface area contributed by atoms with Crippen molar-refractivity contribution in [2.75, 3.05) is 0 Å². The molecule has 2 saturated carbocycles. The predicted octanol–water partition coefficient (Wildman–Crippen LogP) is 6.27. The highest BCUT2D eigenvalue weighted by Gasteiger charge is 2.57. The fourth-order valence-corrected chi connectivity index (χ4v) is 8.56. The maximum absolute atomic E-state index is 13.1. The number of carbonyl (C=O) groups is 1. The summed E-state index contributed by atoms with van der Waals surface area (Å²) in [6.07, 6.45) is 13.3. The van der Waals surface area contributed by atoms with E-state index in [0.29, 0.717) is 23.1 Å². The lowest BCUT2D eigenvalue weighted by molar-refractivity contribution is -0.116. The summed E-state index contributed by atoms with van der Waals surface area (Å²) < 4.78 is 12.4. The first-order valence-corrected chi connectivity index (χ1v) is 13.0. The Hall–Kier alpha value is -1.74. The normalized spacial score (nSPS) is 34.3. The molecule has 0 unspecified atom stereocenters. The molecule has 4 aliphatic rings. The summed E-state index contributed by atoms with van der Waals surface area (Å²) >= 11 is 0.591. The van der Waals surface area contributed by atoms with E-state index in [9.17, 15) is 9.00 Å². The molecule has 5 rings (SSSR count). The van der Waals surface area contributed by atoms with Gasteiger partial charge in [0.25, 0.3) is 0 Å². The van der Waals surface area contributed by atoms with E-state index in [2.05, 4.69) is 13.0 Å². The Morgan fingerprint density at radius 3 is 2.65 bits per heavy atom. The smallest absolute Gasteiger partial charge is 0.156 e. The van der Waals surface area contributed by atoms with Crippen molar-refractivity contribution in [2.45, 2.75) is 71.6 Å². The monoisotopic (exact) mass is 434 g/mol. The molecule has 0 saturated heterocycles. The van der Waals surface area contributed by atoms with Gasteiger partial charge in [0.15, 0.2) is 5.78 Å². The van der Waals surface area contributed by atoms with Gasteiger partial charge in [0.1, 0.15) is 0 Å². The summed E-state index contributed by atoms with van der Waals surface area (Å²) in [7, 11) is 0. The molecule has 0 bridgehead atoms. The maximum atomic E-state index is 13.1. The Bertz CT molecular complexity index is 997. The lowest BCUT2D eigenvalue weighted by Gasteiger charge is -2.54. The highest BCUT2D eigenvalue weighted by Crippen LogP contribution is 2.65. The Morgan fingerprint density at radius 1 is 1.13 bits per heavy atom. The Labute approximate surface area is 190 Å². The molecule has 0 heterocycles. The van der Waals surface area contributed by atoms with Crippen molar-refractivity contribution < 1.29 is 9.00 Å². The first-order valence-electron chi connectivity index (χ1n) is 12.3. The van der Waals surface area contributed by atoms with Crippen LogP contribution in [-0.2, 0) is 16.1 Å². The van der Waals surface area contributed by atoms with Crippen LogP contribution in [0.25, 0.3) is 0 Å². The van der Waals surface area contributed by atoms with Gasteiger partial charge in [-0.15, -0.1) is 0 Å². The number of benzene rings is 1. The summed E-state index contributed by atoms with van der Waals surface area (Å²) in [5, 5.41) is 0. The summed E-state index contributed by atoms with van der Waals surface area (Å²) in [6, 6.07) is 10.0. The molecular formula is C28H34O2S. The molecular weight excluding hydrogens is 400 g/mol. The average Bonchev–Trinajstić information content (AvgIpc) is 3.16. The van der Waals surface area contributed by atoms with Gasteiger partial charge in [0.05, 0.1) is 16.1 Å². The number of ketones is 1. The van der Waals surface area contributed by atoms with Gasteiger partial charge in [0.2, 0.25) is 0 Å². The van der Waals surface area contributed by atoms with E-state index in [4.69, 9.17) is 0 Å². The minimum Gasteiger partial charge on any atom is -0.295 e. The summed E-state index contributed by atoms with van der Waals surface area (Å²) in [4.78, 5) is 13.9. The molecule has 2 fully saturated rings. The number of allylic oxidation sites excluding steroid dienone is 4. The summed E-state index contributed by atoms with van der Waals surface area (Å²) in [5.41, 5.74) is 4.76. The largest absolute Gasteiger partial charge is 0.295 e. The molecule has 5 atom stereocenters. The van der Waals surface area contributed by atoms with E-state index in [0.717, 1.165) is 52.7 Å². The number of Topliss-reactive ketones (excluding diaryl/α,β-unsaturated/α-hetero) is 1. The zero-order valence-electron chi connectivity index (χ0n) is 18.9. The standard InChI is InChI=1S/C28H34O2S/c1-3-28-16-15-22-21-12-8-7-9-19(21)13-14-23(22)25(28)17-24(26(28)18(2)29)27(31-30)20-10-5-4-6-11-20/h4-6,9-11,21-23,25H,3,7-8,12-17H2,1-2H3/t21-,22+,23+,25-,28-/m0/s1. The summed E-state index contributed by atoms with van der Waals surface area (Å²) in [6.45, 7) is 4.02. The second kappa shape index (κ2) is 8.31. The second-order valence-corrected chi connectivity index (χ2v) is 10.8. The van der Waals surface area contributed by atoms with Crippen molar-refractivity contribution in [3.8, 4) is 0 Å². The van der Waals surface area contributed by atoms with Crippen molar-refractivity contribution in [3.05, 3.63) is 58.7 Å². The highest BCUT2D eigenvalue weighted by molar-refractivity contribution is 7.67. The Morgan fingerprint density at radius 2 is 1.94 bits per heavy atom. The molecule has 0 spiro atoms. The molecule has 4 aliphatic carbocycles. The molecule has 0 radical (unpaired) electrons. The van der Waals surface area contributed by atoms with Crippen molar-refractivity contribution in [3.63, 3.8) is 0 Å². The molecule has 0 N–H and O–H groups in total. The minimum absolute atomic E-state index is 0.0338. The van der Waals surface area contributed by atoms with Crippen LogP contribution in [-0.4, -0.2) is 14.9 Å². The van der Waals surface area contributed by atoms with Crippen molar-refractivity contribution in [1.82, 2.24) is 0 Å². The topological polar surface area (TPSA) is 34.1 Å². The molecule has 1 aromatic carbocycles. The van der Waals surface area contributed by atoms with Crippen LogP contribution in [0.15, 0.2) is 53.1 Å². The van der Waals surface area contributed by atoms with Gasteiger partial charge in [-0.2, -0.15) is 0 Å². The lowest BCUT2D eigenvalue weighted by Crippen LogP contribution is -2.47. The first kappa shape index (κ1) is 21.1. The molecule has 31 heavy (non-hydrogen) atoms. The van der Waals surface area contributed by atoms with Crippen LogP contribution >= 0.6 is 0 Å². The van der Waals surface area contributed by atoms with Crippen LogP contribution in [0.5, 0.6) is 0 Å². The van der Waals surface area contributed by atoms with Gasteiger partial charge >= 0.3 is 0 Å². The number of rotatable bonds is 4. The van der Waals surface area contributed by atoms with E-state index in [1.54, 1.807) is 12.5 Å². The predicted molar refractivity (Wildman–Crippen MR) is 128 cm³/mol. The fourth-order valence-electron chi connectivity index (χ4n) is 8.05. The van der Waals surface area contributed by atoms with Gasteiger partial charge in [-0.1, -0.05) is 48.9 Å². The van der Waals surface area contributed by atoms with Crippen LogP contribution in [0.4, 0.5) is 0 Å². The number of hydrogen-bond acceptors (Lipinski definition) is 2. The third kappa shape index (κ3) is 3.26. The zero-order valence-corrected chi connectivity index (χ0v) is 19.7. The van der Waals surface area contributed by atoms with E-state index in [1.165, 1.54) is 38.5 Å². The van der Waals surface area contributed by atoms with Crippen molar-refractivity contribution in [1.29, 1.82) is 0 Å². The summed E-state index contributed by atoms with van der Waals surface area (Å²) in [5.74, 6) is 2.94. The van der Waals surface area contributed by atoms with Gasteiger partial charge in [-0.25, -0.2) is 4.21 Å². The van der Waals surface area contributed by atoms with Crippen LogP contribution in [0, 0.1) is 29.1 Å². The van der Waals surface area contributed by atoms with E-state index < -0.39 is 0 Å². The second-order valence-electron chi connectivity index (χ2n) is 10.2. The Kier molecular flexibility index (Phi) is 5.66. The Balaban J connectivity index is 1.58. The van der Waals surface area contributed by atoms with Crippen molar-refractivity contribution in [2.24, 2.45) is 29.1 Å². The van der Waals surface area contributed by atoms with E-state index in [1.807, 2.05) is 30.3 Å². The molecule has 2 nitrogen and oxygen atoms in total. The third-order valence-electron chi connectivity index (χ3n) is 9.19. The zero-order chi connectivity index (χ0) is 21.6. The molecule has 0 amide bonds. The van der Waals surface area contributed by atoms with Gasteiger partial charge < -0.3 is 0 Å². The molecule has 3 heteroatoms. The minimum atomic E-state index is -0.0338. The number of hydrogen-bond donors (Lipinski definition) is 0. The van der Waals surface area contributed by atoms with Crippen LogP contribution in [0.1, 0.15) is 77.2 Å². The third-order valence-corrected chi connectivity index (χ3v) is 9.83. The molecule has 164 valence electrons. The van der Waals surface area contributed by atoms with E-state index in [-0.39, 0.29) is 11.2 Å². The van der Waals surface area contributed by atoms with E-state index >= 15 is 0 Å². The first-order chi connectivity index (χ1) is 15.1. The molecule has 0 aliphatic heterocycles. The highest BCUT2D eigenvalue weighted by atomic mass is 32.1. The van der Waals surface area contributed by atoms with Crippen LogP contribution in [0.2, 0.25) is 0 Å².